The maximum absolute atomic E-state index is 4.35. The fourth-order valence-corrected chi connectivity index (χ4v) is 2.09. The van der Waals surface area contributed by atoms with Gasteiger partial charge in [-0.25, -0.2) is 4.98 Å². The second kappa shape index (κ2) is 5.35. The molecule has 0 amide bonds. The SMILES string of the molecule is CCN(CC)CCc1ncc(C)s1. The van der Waals surface area contributed by atoms with E-state index in [9.17, 15) is 0 Å². The Morgan fingerprint density at radius 2 is 2.08 bits per heavy atom. The second-order valence-corrected chi connectivity index (χ2v) is 4.46. The summed E-state index contributed by atoms with van der Waals surface area (Å²) in [5, 5.41) is 1.27. The molecule has 3 heteroatoms. The largest absolute Gasteiger partial charge is 0.303 e. The Hall–Kier alpha value is -0.410. The smallest absolute Gasteiger partial charge is 0.0940 e. The zero-order chi connectivity index (χ0) is 9.68. The van der Waals surface area contributed by atoms with Crippen LogP contribution in [0.4, 0.5) is 0 Å². The Kier molecular flexibility index (Phi) is 4.39. The minimum absolute atomic E-state index is 1.10. The van der Waals surface area contributed by atoms with Crippen LogP contribution in [0.15, 0.2) is 6.20 Å². The van der Waals surface area contributed by atoms with Gasteiger partial charge in [0.1, 0.15) is 0 Å². The summed E-state index contributed by atoms with van der Waals surface area (Å²) in [6.07, 6.45) is 3.06. The van der Waals surface area contributed by atoms with Crippen molar-refractivity contribution in [1.82, 2.24) is 9.88 Å². The van der Waals surface area contributed by atoms with Gasteiger partial charge in [-0.2, -0.15) is 0 Å². The first-order valence-electron chi connectivity index (χ1n) is 4.90. The second-order valence-electron chi connectivity index (χ2n) is 3.14. The lowest BCUT2D eigenvalue weighted by Crippen LogP contribution is -2.25. The van der Waals surface area contributed by atoms with Crippen LogP contribution in [-0.4, -0.2) is 29.5 Å². The van der Waals surface area contributed by atoms with Gasteiger partial charge in [0, 0.05) is 24.0 Å². The fraction of sp³-hybridized carbons (Fsp3) is 0.700. The summed E-state index contributed by atoms with van der Waals surface area (Å²) in [4.78, 5) is 8.09. The van der Waals surface area contributed by atoms with Gasteiger partial charge in [-0.3, -0.25) is 0 Å². The summed E-state index contributed by atoms with van der Waals surface area (Å²) in [6.45, 7) is 9.94. The van der Waals surface area contributed by atoms with E-state index >= 15 is 0 Å². The summed E-state index contributed by atoms with van der Waals surface area (Å²) < 4.78 is 0. The predicted molar refractivity (Wildman–Crippen MR) is 58.3 cm³/mol. The van der Waals surface area contributed by atoms with E-state index in [1.165, 1.54) is 9.88 Å². The van der Waals surface area contributed by atoms with Crippen LogP contribution in [0.25, 0.3) is 0 Å². The first-order valence-corrected chi connectivity index (χ1v) is 5.71. The highest BCUT2D eigenvalue weighted by Gasteiger charge is 2.02. The summed E-state index contributed by atoms with van der Waals surface area (Å²) >= 11 is 1.81. The van der Waals surface area contributed by atoms with Crippen molar-refractivity contribution in [2.75, 3.05) is 19.6 Å². The van der Waals surface area contributed by atoms with Gasteiger partial charge in [0.25, 0.3) is 0 Å². The predicted octanol–water partition coefficient (Wildman–Crippen LogP) is 2.34. The van der Waals surface area contributed by atoms with Crippen LogP contribution < -0.4 is 0 Å². The van der Waals surface area contributed by atoms with Crippen molar-refractivity contribution >= 4 is 11.3 Å². The maximum Gasteiger partial charge on any atom is 0.0940 e. The molecule has 2 nitrogen and oxygen atoms in total. The van der Waals surface area contributed by atoms with Gasteiger partial charge >= 0.3 is 0 Å². The first-order chi connectivity index (χ1) is 6.26. The van der Waals surface area contributed by atoms with Crippen molar-refractivity contribution in [3.05, 3.63) is 16.1 Å². The van der Waals surface area contributed by atoms with Gasteiger partial charge in [-0.05, 0) is 20.0 Å². The first kappa shape index (κ1) is 10.7. The third-order valence-electron chi connectivity index (χ3n) is 2.21. The van der Waals surface area contributed by atoms with Crippen molar-refractivity contribution in [3.63, 3.8) is 0 Å². The van der Waals surface area contributed by atoms with Gasteiger partial charge in [0.05, 0.1) is 5.01 Å². The molecule has 1 aromatic rings. The molecule has 0 fully saturated rings. The lowest BCUT2D eigenvalue weighted by atomic mass is 10.4. The van der Waals surface area contributed by atoms with E-state index in [0.717, 1.165) is 26.1 Å². The number of rotatable bonds is 5. The average molecular weight is 198 g/mol. The molecule has 1 rings (SSSR count). The third-order valence-corrected chi connectivity index (χ3v) is 3.18. The number of likely N-dealkylation sites (N-methyl/N-ethyl adjacent to an activating group) is 1. The molecule has 0 unspecified atom stereocenters. The number of thiazole rings is 1. The van der Waals surface area contributed by atoms with Crippen molar-refractivity contribution in [2.45, 2.75) is 27.2 Å². The maximum atomic E-state index is 4.35. The van der Waals surface area contributed by atoms with Gasteiger partial charge in [-0.15, -0.1) is 11.3 Å². The highest BCUT2D eigenvalue weighted by molar-refractivity contribution is 7.11. The Balaban J connectivity index is 2.33. The minimum Gasteiger partial charge on any atom is -0.303 e. The average Bonchev–Trinajstić information content (AvgIpc) is 2.53. The molecule has 0 aliphatic rings. The molecule has 1 aromatic heterocycles. The van der Waals surface area contributed by atoms with E-state index < -0.39 is 0 Å². The third kappa shape index (κ3) is 3.44. The Labute approximate surface area is 84.6 Å². The van der Waals surface area contributed by atoms with Gasteiger partial charge < -0.3 is 4.90 Å². The summed E-state index contributed by atoms with van der Waals surface area (Å²) in [5.74, 6) is 0. The number of aromatic nitrogens is 1. The zero-order valence-corrected chi connectivity index (χ0v) is 9.52. The van der Waals surface area contributed by atoms with E-state index in [-0.39, 0.29) is 0 Å². The molecular weight excluding hydrogens is 180 g/mol. The molecule has 0 atom stereocenters. The minimum atomic E-state index is 1.10. The Morgan fingerprint density at radius 1 is 1.38 bits per heavy atom. The number of nitrogens with zero attached hydrogens (tertiary/aromatic N) is 2. The molecular formula is C10H18N2S. The van der Waals surface area contributed by atoms with Gasteiger partial charge in [0.15, 0.2) is 0 Å². The van der Waals surface area contributed by atoms with Crippen molar-refractivity contribution in [1.29, 1.82) is 0 Å². The monoisotopic (exact) mass is 198 g/mol. The van der Waals surface area contributed by atoms with Crippen LogP contribution in [0.3, 0.4) is 0 Å². The Bertz CT molecular complexity index is 241. The molecule has 0 saturated heterocycles. The fourth-order valence-electron chi connectivity index (χ4n) is 1.31. The van der Waals surface area contributed by atoms with Gasteiger partial charge in [0.2, 0.25) is 0 Å². The summed E-state index contributed by atoms with van der Waals surface area (Å²) in [6, 6.07) is 0. The van der Waals surface area contributed by atoms with E-state index in [1.807, 2.05) is 17.5 Å². The molecule has 1 heterocycles. The number of hydrogen-bond donors (Lipinski definition) is 0. The molecule has 0 spiro atoms. The molecule has 0 radical (unpaired) electrons. The normalized spacial score (nSPS) is 11.1. The van der Waals surface area contributed by atoms with Crippen LogP contribution >= 0.6 is 11.3 Å². The van der Waals surface area contributed by atoms with Crippen LogP contribution in [0, 0.1) is 6.92 Å². The van der Waals surface area contributed by atoms with Crippen molar-refractivity contribution in [2.24, 2.45) is 0 Å². The van der Waals surface area contributed by atoms with Crippen molar-refractivity contribution in [3.8, 4) is 0 Å². The van der Waals surface area contributed by atoms with Gasteiger partial charge in [-0.1, -0.05) is 13.8 Å². The van der Waals surface area contributed by atoms with E-state index in [4.69, 9.17) is 0 Å². The lowest BCUT2D eigenvalue weighted by molar-refractivity contribution is 0.308. The molecule has 74 valence electrons. The number of aryl methyl sites for hydroxylation is 1. The molecule has 0 N–H and O–H groups in total. The van der Waals surface area contributed by atoms with Crippen LogP contribution in [0.5, 0.6) is 0 Å². The standard InChI is InChI=1S/C10H18N2S/c1-4-12(5-2)7-6-10-11-8-9(3)13-10/h8H,4-7H2,1-3H3. The van der Waals surface area contributed by atoms with Crippen molar-refractivity contribution < 1.29 is 0 Å². The zero-order valence-electron chi connectivity index (χ0n) is 8.71. The molecule has 0 aliphatic heterocycles. The molecule has 0 aliphatic carbocycles. The van der Waals surface area contributed by atoms with Crippen LogP contribution in [-0.2, 0) is 6.42 Å². The highest BCUT2D eigenvalue weighted by Crippen LogP contribution is 2.11. The highest BCUT2D eigenvalue weighted by atomic mass is 32.1. The quantitative estimate of drug-likeness (QED) is 0.722. The molecule has 13 heavy (non-hydrogen) atoms. The molecule has 0 aromatic carbocycles. The van der Waals surface area contributed by atoms with Crippen LogP contribution in [0.2, 0.25) is 0 Å². The lowest BCUT2D eigenvalue weighted by Gasteiger charge is -2.16. The van der Waals surface area contributed by atoms with E-state index in [2.05, 4.69) is 30.7 Å². The summed E-state index contributed by atoms with van der Waals surface area (Å²) in [5.41, 5.74) is 0. The topological polar surface area (TPSA) is 16.1 Å². The van der Waals surface area contributed by atoms with Crippen LogP contribution in [0.1, 0.15) is 23.7 Å². The molecule has 0 bridgehead atoms. The summed E-state index contributed by atoms with van der Waals surface area (Å²) in [7, 11) is 0. The Morgan fingerprint density at radius 3 is 2.54 bits per heavy atom. The van der Waals surface area contributed by atoms with E-state index in [0.29, 0.717) is 0 Å². The van der Waals surface area contributed by atoms with E-state index in [1.54, 1.807) is 0 Å². The number of hydrogen-bond acceptors (Lipinski definition) is 3. The molecule has 0 saturated carbocycles.